The maximum absolute atomic E-state index is 10.0. The summed E-state index contributed by atoms with van der Waals surface area (Å²) in [5.41, 5.74) is 2.59. The number of benzene rings is 1. The van der Waals surface area contributed by atoms with Crippen molar-refractivity contribution in [1.82, 2.24) is 9.80 Å². The van der Waals surface area contributed by atoms with Crippen LogP contribution in [0.25, 0.3) is 0 Å². The Morgan fingerprint density at radius 3 is 2.95 bits per heavy atom. The SMILES string of the molecule is CN1CCCC2CN(C3CCc4c(O)cccc43)CCC21. The van der Waals surface area contributed by atoms with E-state index in [-0.39, 0.29) is 0 Å². The molecule has 0 spiro atoms. The zero-order valence-corrected chi connectivity index (χ0v) is 13.0. The summed E-state index contributed by atoms with van der Waals surface area (Å²) in [6.07, 6.45) is 6.28. The van der Waals surface area contributed by atoms with Crippen LogP contribution >= 0.6 is 0 Å². The van der Waals surface area contributed by atoms with Crippen molar-refractivity contribution in [2.24, 2.45) is 5.92 Å². The lowest BCUT2D eigenvalue weighted by Gasteiger charge is -2.47. The van der Waals surface area contributed by atoms with Gasteiger partial charge in [-0.15, -0.1) is 0 Å². The third-order valence-corrected chi connectivity index (χ3v) is 6.03. The highest BCUT2D eigenvalue weighted by Crippen LogP contribution is 2.42. The van der Waals surface area contributed by atoms with Gasteiger partial charge in [0.15, 0.2) is 0 Å². The number of hydrogen-bond acceptors (Lipinski definition) is 3. The molecular weight excluding hydrogens is 260 g/mol. The van der Waals surface area contributed by atoms with Crippen molar-refractivity contribution < 1.29 is 5.11 Å². The summed E-state index contributed by atoms with van der Waals surface area (Å²) in [5, 5.41) is 10.0. The lowest BCUT2D eigenvalue weighted by atomic mass is 9.83. The molecule has 21 heavy (non-hydrogen) atoms. The largest absolute Gasteiger partial charge is 0.508 e. The molecule has 0 saturated carbocycles. The molecule has 2 fully saturated rings. The van der Waals surface area contributed by atoms with E-state index in [9.17, 15) is 5.11 Å². The molecule has 0 amide bonds. The van der Waals surface area contributed by atoms with Crippen molar-refractivity contribution >= 4 is 0 Å². The van der Waals surface area contributed by atoms with Gasteiger partial charge in [0.05, 0.1) is 0 Å². The fourth-order valence-electron chi connectivity index (χ4n) is 4.96. The molecule has 2 saturated heterocycles. The first kappa shape index (κ1) is 13.6. The molecule has 0 radical (unpaired) electrons. The van der Waals surface area contributed by atoms with Gasteiger partial charge in [-0.3, -0.25) is 4.90 Å². The summed E-state index contributed by atoms with van der Waals surface area (Å²) in [6.45, 7) is 3.74. The molecule has 0 aromatic heterocycles. The fraction of sp³-hybridized carbons (Fsp3) is 0.667. The van der Waals surface area contributed by atoms with Crippen LogP contribution in [0.2, 0.25) is 0 Å². The summed E-state index contributed by atoms with van der Waals surface area (Å²) in [7, 11) is 2.30. The maximum Gasteiger partial charge on any atom is 0.119 e. The molecule has 4 rings (SSSR count). The molecule has 1 aromatic carbocycles. The van der Waals surface area contributed by atoms with Crippen LogP contribution in [-0.2, 0) is 6.42 Å². The number of fused-ring (bicyclic) bond motifs is 2. The quantitative estimate of drug-likeness (QED) is 0.860. The second kappa shape index (κ2) is 5.29. The third kappa shape index (κ3) is 2.27. The number of phenolic OH excluding ortho intramolecular Hbond substituents is 1. The lowest BCUT2D eigenvalue weighted by molar-refractivity contribution is 0.0198. The molecule has 3 unspecified atom stereocenters. The van der Waals surface area contributed by atoms with Crippen molar-refractivity contribution in [2.75, 3.05) is 26.7 Å². The molecule has 1 aliphatic carbocycles. The van der Waals surface area contributed by atoms with Crippen molar-refractivity contribution in [3.05, 3.63) is 29.3 Å². The number of aromatic hydroxyl groups is 1. The highest BCUT2D eigenvalue weighted by atomic mass is 16.3. The fourth-order valence-corrected chi connectivity index (χ4v) is 4.96. The predicted octanol–water partition coefficient (Wildman–Crippen LogP) is 2.80. The van der Waals surface area contributed by atoms with Gasteiger partial charge >= 0.3 is 0 Å². The first-order valence-electron chi connectivity index (χ1n) is 8.49. The maximum atomic E-state index is 10.0. The minimum Gasteiger partial charge on any atom is -0.508 e. The first-order valence-corrected chi connectivity index (χ1v) is 8.49. The Balaban J connectivity index is 1.53. The smallest absolute Gasteiger partial charge is 0.119 e. The summed E-state index contributed by atoms with van der Waals surface area (Å²) in [6, 6.07) is 7.42. The van der Waals surface area contributed by atoms with E-state index < -0.39 is 0 Å². The lowest BCUT2D eigenvalue weighted by Crippen LogP contribution is -2.53. The normalized spacial score (nSPS) is 33.7. The molecule has 0 bridgehead atoms. The summed E-state index contributed by atoms with van der Waals surface area (Å²) < 4.78 is 0. The predicted molar refractivity (Wildman–Crippen MR) is 84.5 cm³/mol. The Morgan fingerprint density at radius 2 is 2.05 bits per heavy atom. The van der Waals surface area contributed by atoms with Crippen LogP contribution in [0.4, 0.5) is 0 Å². The number of hydrogen-bond donors (Lipinski definition) is 1. The summed E-state index contributed by atoms with van der Waals surface area (Å²) >= 11 is 0. The average Bonchev–Trinajstić information content (AvgIpc) is 2.92. The van der Waals surface area contributed by atoms with Crippen LogP contribution in [0.15, 0.2) is 18.2 Å². The van der Waals surface area contributed by atoms with Crippen molar-refractivity contribution in [1.29, 1.82) is 0 Å². The van der Waals surface area contributed by atoms with Crippen molar-refractivity contribution in [3.63, 3.8) is 0 Å². The average molecular weight is 286 g/mol. The van der Waals surface area contributed by atoms with Gasteiger partial charge in [0, 0.05) is 25.2 Å². The molecule has 2 heterocycles. The molecule has 1 N–H and O–H groups in total. The van der Waals surface area contributed by atoms with Gasteiger partial charge in [-0.2, -0.15) is 0 Å². The van der Waals surface area contributed by atoms with E-state index in [0.29, 0.717) is 11.8 Å². The molecule has 2 aliphatic heterocycles. The van der Waals surface area contributed by atoms with E-state index in [1.54, 1.807) is 0 Å². The minimum absolute atomic E-state index is 0.502. The van der Waals surface area contributed by atoms with Gasteiger partial charge in [0.1, 0.15) is 5.75 Å². The van der Waals surface area contributed by atoms with Gasteiger partial charge in [-0.05, 0) is 68.8 Å². The van der Waals surface area contributed by atoms with Crippen LogP contribution in [-0.4, -0.2) is 47.6 Å². The van der Waals surface area contributed by atoms with Crippen molar-refractivity contribution in [3.8, 4) is 5.75 Å². The standard InChI is InChI=1S/C18H26N2O/c1-19-10-3-4-13-12-20(11-9-16(13)19)17-8-7-15-14(17)5-2-6-18(15)21/h2,5-6,13,16-17,21H,3-4,7-12H2,1H3. The number of piperidine rings is 2. The second-order valence-electron chi connectivity index (χ2n) is 7.13. The number of phenols is 1. The second-order valence-corrected chi connectivity index (χ2v) is 7.13. The van der Waals surface area contributed by atoms with Crippen LogP contribution in [0.3, 0.4) is 0 Å². The Morgan fingerprint density at radius 1 is 1.14 bits per heavy atom. The van der Waals surface area contributed by atoms with E-state index in [2.05, 4.69) is 22.9 Å². The van der Waals surface area contributed by atoms with Gasteiger partial charge in [0.25, 0.3) is 0 Å². The zero-order valence-electron chi connectivity index (χ0n) is 13.0. The van der Waals surface area contributed by atoms with E-state index >= 15 is 0 Å². The highest BCUT2D eigenvalue weighted by Gasteiger charge is 2.38. The van der Waals surface area contributed by atoms with Gasteiger partial charge in [-0.25, -0.2) is 0 Å². The molecule has 3 atom stereocenters. The Bertz CT molecular complexity index is 530. The Labute approximate surface area is 127 Å². The van der Waals surface area contributed by atoms with Gasteiger partial charge in [-0.1, -0.05) is 12.1 Å². The van der Waals surface area contributed by atoms with Crippen LogP contribution in [0.5, 0.6) is 5.75 Å². The van der Waals surface area contributed by atoms with Crippen LogP contribution < -0.4 is 0 Å². The van der Waals surface area contributed by atoms with E-state index in [1.165, 1.54) is 56.4 Å². The highest BCUT2D eigenvalue weighted by molar-refractivity contribution is 5.44. The van der Waals surface area contributed by atoms with Gasteiger partial charge in [0.2, 0.25) is 0 Å². The van der Waals surface area contributed by atoms with Crippen LogP contribution in [0.1, 0.15) is 42.9 Å². The molecule has 3 heteroatoms. The van der Waals surface area contributed by atoms with Gasteiger partial charge < -0.3 is 10.0 Å². The molecule has 3 nitrogen and oxygen atoms in total. The number of likely N-dealkylation sites (tertiary alicyclic amines) is 2. The number of rotatable bonds is 1. The number of nitrogens with zero attached hydrogens (tertiary/aromatic N) is 2. The minimum atomic E-state index is 0.502. The third-order valence-electron chi connectivity index (χ3n) is 6.03. The first-order chi connectivity index (χ1) is 10.2. The van der Waals surface area contributed by atoms with Crippen LogP contribution in [0, 0.1) is 5.92 Å². The Kier molecular flexibility index (Phi) is 3.43. The Hall–Kier alpha value is -1.06. The van der Waals surface area contributed by atoms with E-state index in [0.717, 1.165) is 18.4 Å². The van der Waals surface area contributed by atoms with E-state index in [1.807, 2.05) is 12.1 Å². The molecule has 1 aromatic rings. The monoisotopic (exact) mass is 286 g/mol. The molecule has 3 aliphatic rings. The topological polar surface area (TPSA) is 26.7 Å². The summed E-state index contributed by atoms with van der Waals surface area (Å²) in [5.74, 6) is 1.35. The van der Waals surface area contributed by atoms with E-state index in [4.69, 9.17) is 0 Å². The summed E-state index contributed by atoms with van der Waals surface area (Å²) in [4.78, 5) is 5.28. The zero-order chi connectivity index (χ0) is 14.4. The van der Waals surface area contributed by atoms with Crippen molar-refractivity contribution in [2.45, 2.75) is 44.2 Å². The molecule has 114 valence electrons. The molecular formula is C18H26N2O.